The van der Waals surface area contributed by atoms with Gasteiger partial charge in [-0.2, -0.15) is 20.9 Å². The minimum Gasteiger partial charge on any atom is -0.211 e. The second-order valence-electron chi connectivity index (χ2n) is 4.48. The number of sulfonamides is 1. The van der Waals surface area contributed by atoms with Crippen LogP contribution in [-0.4, -0.2) is 24.0 Å². The van der Waals surface area contributed by atoms with E-state index in [1.54, 1.807) is 18.3 Å². The summed E-state index contributed by atoms with van der Waals surface area (Å²) in [6.45, 7) is 2.13. The highest BCUT2D eigenvalue weighted by Crippen LogP contribution is 2.33. The lowest BCUT2D eigenvalue weighted by atomic mass is 10.3. The van der Waals surface area contributed by atoms with Crippen LogP contribution in [0.1, 0.15) is 31.7 Å². The molecule has 0 N–H and O–H groups in total. The predicted octanol–water partition coefficient (Wildman–Crippen LogP) is 2.34. The molecular weight excluding hydrogens is 268 g/mol. The van der Waals surface area contributed by atoms with E-state index in [2.05, 4.69) is 0 Å². The van der Waals surface area contributed by atoms with Crippen LogP contribution in [0.4, 0.5) is 0 Å². The first-order valence-electron chi connectivity index (χ1n) is 6.01. The fourth-order valence-electron chi connectivity index (χ4n) is 1.88. The average Bonchev–Trinajstić information content (AvgIpc) is 3.04. The van der Waals surface area contributed by atoms with Crippen molar-refractivity contribution in [1.82, 2.24) is 4.31 Å². The Kier molecular flexibility index (Phi) is 4.05. The first kappa shape index (κ1) is 13.5. The summed E-state index contributed by atoms with van der Waals surface area (Å²) in [4.78, 5) is 0. The molecule has 1 aromatic rings. The molecule has 1 saturated carbocycles. The Morgan fingerprint density at radius 1 is 1.61 bits per heavy atom. The van der Waals surface area contributed by atoms with Gasteiger partial charge in [-0.25, -0.2) is 8.42 Å². The Morgan fingerprint density at radius 3 is 2.78 bits per heavy atom. The molecule has 6 heteroatoms. The van der Waals surface area contributed by atoms with E-state index in [1.165, 1.54) is 4.31 Å². The van der Waals surface area contributed by atoms with Crippen LogP contribution in [0.2, 0.25) is 0 Å². The highest BCUT2D eigenvalue weighted by Gasteiger charge is 2.40. The topological polar surface area (TPSA) is 61.2 Å². The first-order valence-corrected chi connectivity index (χ1v) is 8.45. The van der Waals surface area contributed by atoms with Crippen LogP contribution in [0.15, 0.2) is 16.8 Å². The Hall–Kier alpha value is -0.900. The van der Waals surface area contributed by atoms with Crippen molar-refractivity contribution in [2.45, 2.75) is 44.0 Å². The van der Waals surface area contributed by atoms with Crippen LogP contribution < -0.4 is 0 Å². The van der Waals surface area contributed by atoms with Crippen molar-refractivity contribution in [3.63, 3.8) is 0 Å². The molecule has 1 fully saturated rings. The molecule has 1 atom stereocenters. The summed E-state index contributed by atoms with van der Waals surface area (Å²) in [5.74, 6) is 0. The lowest BCUT2D eigenvalue weighted by Crippen LogP contribution is -2.39. The van der Waals surface area contributed by atoms with E-state index in [9.17, 15) is 8.42 Å². The summed E-state index contributed by atoms with van der Waals surface area (Å²) < 4.78 is 26.3. The molecule has 2 rings (SSSR count). The van der Waals surface area contributed by atoms with E-state index < -0.39 is 15.3 Å². The maximum absolute atomic E-state index is 12.4. The SMILES string of the molecule is CCC(C#N)S(=O)(=O)N(Cc1ccsc1)C1CC1. The number of thiophene rings is 1. The third kappa shape index (κ3) is 2.74. The molecule has 0 aromatic carbocycles. The van der Waals surface area contributed by atoms with Crippen molar-refractivity contribution in [3.8, 4) is 6.07 Å². The van der Waals surface area contributed by atoms with E-state index in [1.807, 2.05) is 22.9 Å². The maximum atomic E-state index is 12.4. The van der Waals surface area contributed by atoms with Gasteiger partial charge in [-0.15, -0.1) is 0 Å². The lowest BCUT2D eigenvalue weighted by molar-refractivity contribution is 0.395. The molecule has 0 saturated heterocycles. The molecular formula is C12H16N2O2S2. The molecule has 0 spiro atoms. The fraction of sp³-hybridized carbons (Fsp3) is 0.583. The quantitative estimate of drug-likeness (QED) is 0.805. The van der Waals surface area contributed by atoms with Crippen molar-refractivity contribution >= 4 is 21.4 Å². The molecule has 1 aromatic heterocycles. The monoisotopic (exact) mass is 284 g/mol. The summed E-state index contributed by atoms with van der Waals surface area (Å²) in [5, 5.41) is 12.0. The number of hydrogen-bond acceptors (Lipinski definition) is 4. The zero-order valence-corrected chi connectivity index (χ0v) is 11.9. The molecule has 1 aliphatic rings. The Labute approximate surface area is 112 Å². The van der Waals surface area contributed by atoms with Gasteiger partial charge in [0.05, 0.1) is 6.07 Å². The van der Waals surface area contributed by atoms with Gasteiger partial charge in [0.15, 0.2) is 5.25 Å². The lowest BCUT2D eigenvalue weighted by Gasteiger charge is -2.23. The summed E-state index contributed by atoms with van der Waals surface area (Å²) >= 11 is 1.56. The molecule has 98 valence electrons. The smallest absolute Gasteiger partial charge is 0.211 e. The van der Waals surface area contributed by atoms with E-state index in [0.717, 1.165) is 18.4 Å². The third-order valence-corrected chi connectivity index (χ3v) is 6.04. The Bertz CT molecular complexity index is 527. The van der Waals surface area contributed by atoms with Gasteiger partial charge in [-0.1, -0.05) is 6.92 Å². The second-order valence-corrected chi connectivity index (χ2v) is 7.33. The average molecular weight is 284 g/mol. The minimum absolute atomic E-state index is 0.0947. The number of nitriles is 1. The summed E-state index contributed by atoms with van der Waals surface area (Å²) in [6, 6.07) is 3.94. The molecule has 4 nitrogen and oxygen atoms in total. The zero-order chi connectivity index (χ0) is 13.2. The minimum atomic E-state index is -3.50. The normalized spacial score (nSPS) is 17.6. The van der Waals surface area contributed by atoms with E-state index in [0.29, 0.717) is 13.0 Å². The Balaban J connectivity index is 2.22. The second kappa shape index (κ2) is 5.39. The van der Waals surface area contributed by atoms with E-state index in [4.69, 9.17) is 5.26 Å². The van der Waals surface area contributed by atoms with E-state index >= 15 is 0 Å². The van der Waals surface area contributed by atoms with Gasteiger partial charge in [0.2, 0.25) is 10.0 Å². The van der Waals surface area contributed by atoms with Crippen molar-refractivity contribution in [2.24, 2.45) is 0 Å². The number of hydrogen-bond donors (Lipinski definition) is 0. The van der Waals surface area contributed by atoms with Crippen LogP contribution in [0, 0.1) is 11.3 Å². The van der Waals surface area contributed by atoms with Crippen LogP contribution in [0.25, 0.3) is 0 Å². The molecule has 0 aliphatic heterocycles. The van der Waals surface area contributed by atoms with Gasteiger partial charge >= 0.3 is 0 Å². The summed E-state index contributed by atoms with van der Waals surface area (Å²) in [7, 11) is -3.50. The van der Waals surface area contributed by atoms with Gasteiger partial charge in [0, 0.05) is 12.6 Å². The maximum Gasteiger partial charge on any atom is 0.231 e. The number of nitrogens with zero attached hydrogens (tertiary/aromatic N) is 2. The fourth-order valence-corrected chi connectivity index (χ4v) is 4.38. The standard InChI is InChI=1S/C12H16N2O2S2/c1-2-12(7-13)18(15,16)14(11-3-4-11)8-10-5-6-17-9-10/h5-6,9,11-12H,2-4,8H2,1H3. The molecule has 1 unspecified atom stereocenters. The molecule has 1 heterocycles. The zero-order valence-electron chi connectivity index (χ0n) is 10.2. The van der Waals surface area contributed by atoms with Gasteiger partial charge in [-0.3, -0.25) is 0 Å². The highest BCUT2D eigenvalue weighted by atomic mass is 32.2. The van der Waals surface area contributed by atoms with Crippen LogP contribution in [-0.2, 0) is 16.6 Å². The van der Waals surface area contributed by atoms with Crippen molar-refractivity contribution in [3.05, 3.63) is 22.4 Å². The van der Waals surface area contributed by atoms with Crippen molar-refractivity contribution in [2.75, 3.05) is 0 Å². The van der Waals surface area contributed by atoms with Crippen LogP contribution in [0.5, 0.6) is 0 Å². The predicted molar refractivity (Wildman–Crippen MR) is 71.5 cm³/mol. The van der Waals surface area contributed by atoms with Gasteiger partial charge in [0.25, 0.3) is 0 Å². The van der Waals surface area contributed by atoms with Gasteiger partial charge < -0.3 is 0 Å². The highest BCUT2D eigenvalue weighted by molar-refractivity contribution is 7.90. The van der Waals surface area contributed by atoms with Crippen LogP contribution >= 0.6 is 11.3 Å². The van der Waals surface area contributed by atoms with Crippen molar-refractivity contribution in [1.29, 1.82) is 5.26 Å². The van der Waals surface area contributed by atoms with E-state index in [-0.39, 0.29) is 6.04 Å². The molecule has 0 radical (unpaired) electrons. The third-order valence-electron chi connectivity index (χ3n) is 3.07. The van der Waals surface area contributed by atoms with Gasteiger partial charge in [-0.05, 0) is 41.7 Å². The molecule has 0 bridgehead atoms. The van der Waals surface area contributed by atoms with Crippen LogP contribution in [0.3, 0.4) is 0 Å². The summed E-state index contributed by atoms with van der Waals surface area (Å²) in [5.41, 5.74) is 1.00. The summed E-state index contributed by atoms with van der Waals surface area (Å²) in [6.07, 6.45) is 2.15. The number of rotatable bonds is 6. The Morgan fingerprint density at radius 2 is 2.33 bits per heavy atom. The van der Waals surface area contributed by atoms with Gasteiger partial charge in [0.1, 0.15) is 0 Å². The molecule has 1 aliphatic carbocycles. The van der Waals surface area contributed by atoms with Crippen molar-refractivity contribution < 1.29 is 8.42 Å². The molecule has 18 heavy (non-hydrogen) atoms. The first-order chi connectivity index (χ1) is 8.59. The molecule has 0 amide bonds. The largest absolute Gasteiger partial charge is 0.231 e.